The van der Waals surface area contributed by atoms with E-state index in [4.69, 9.17) is 14.6 Å². The highest BCUT2D eigenvalue weighted by Crippen LogP contribution is 2.18. The van der Waals surface area contributed by atoms with E-state index < -0.39 is 5.97 Å². The van der Waals surface area contributed by atoms with Gasteiger partial charge in [-0.05, 0) is 38.0 Å². The SMILES string of the molecule is COc1ccc(CO[C@H](C)[C@@H](C)/C=C(\C)C[C@H](C)C(=O)O)cc1. The predicted octanol–water partition coefficient (Wildman–Crippen LogP) is 4.29. The summed E-state index contributed by atoms with van der Waals surface area (Å²) < 4.78 is 11.0. The van der Waals surface area contributed by atoms with Gasteiger partial charge in [0, 0.05) is 5.92 Å². The summed E-state index contributed by atoms with van der Waals surface area (Å²) in [6, 6.07) is 7.83. The Hall–Kier alpha value is -1.81. The minimum Gasteiger partial charge on any atom is -0.497 e. The predicted molar refractivity (Wildman–Crippen MR) is 91.6 cm³/mol. The Kier molecular flexibility index (Phi) is 7.83. The Balaban J connectivity index is 2.49. The first-order valence-electron chi connectivity index (χ1n) is 7.98. The summed E-state index contributed by atoms with van der Waals surface area (Å²) in [4.78, 5) is 10.9. The number of hydrogen-bond donors (Lipinski definition) is 1. The first-order chi connectivity index (χ1) is 10.8. The summed E-state index contributed by atoms with van der Waals surface area (Å²) in [5.74, 6) is -0.0429. The Bertz CT molecular complexity index is 519. The Morgan fingerprint density at radius 2 is 1.83 bits per heavy atom. The number of benzene rings is 1. The molecule has 0 amide bonds. The molecule has 1 N–H and O–H groups in total. The van der Waals surface area contributed by atoms with Crippen molar-refractivity contribution in [1.29, 1.82) is 0 Å². The summed E-state index contributed by atoms with van der Waals surface area (Å²) >= 11 is 0. The van der Waals surface area contributed by atoms with Crippen molar-refractivity contribution in [2.24, 2.45) is 11.8 Å². The maximum absolute atomic E-state index is 10.9. The zero-order valence-electron chi connectivity index (χ0n) is 14.7. The number of carboxylic acid groups (broad SMARTS) is 1. The topological polar surface area (TPSA) is 55.8 Å². The quantitative estimate of drug-likeness (QED) is 0.689. The van der Waals surface area contributed by atoms with Crippen LogP contribution in [0.1, 0.15) is 39.7 Å². The smallest absolute Gasteiger partial charge is 0.306 e. The molecule has 128 valence electrons. The monoisotopic (exact) mass is 320 g/mol. The first-order valence-corrected chi connectivity index (χ1v) is 7.98. The van der Waals surface area contributed by atoms with Gasteiger partial charge in [-0.3, -0.25) is 4.79 Å². The lowest BCUT2D eigenvalue weighted by Crippen LogP contribution is -2.17. The molecule has 0 aromatic heterocycles. The van der Waals surface area contributed by atoms with E-state index >= 15 is 0 Å². The zero-order valence-corrected chi connectivity index (χ0v) is 14.7. The number of carbonyl (C=O) groups is 1. The third kappa shape index (κ3) is 6.87. The van der Waals surface area contributed by atoms with Crippen LogP contribution in [0.2, 0.25) is 0 Å². The fourth-order valence-electron chi connectivity index (χ4n) is 2.32. The largest absolute Gasteiger partial charge is 0.497 e. The summed E-state index contributed by atoms with van der Waals surface area (Å²) in [6.45, 7) is 8.39. The van der Waals surface area contributed by atoms with Crippen LogP contribution in [-0.2, 0) is 16.1 Å². The lowest BCUT2D eigenvalue weighted by atomic mass is 9.97. The highest BCUT2D eigenvalue weighted by atomic mass is 16.5. The second kappa shape index (κ2) is 9.36. The molecule has 3 atom stereocenters. The lowest BCUT2D eigenvalue weighted by molar-refractivity contribution is -0.141. The standard InChI is InChI=1S/C19H28O4/c1-13(11-15(3)19(20)21)10-14(2)16(4)23-12-17-6-8-18(22-5)9-7-17/h6-10,14-16H,11-12H2,1-5H3,(H,20,21)/b13-10+/t14-,15-,16+/m0/s1. The summed E-state index contributed by atoms with van der Waals surface area (Å²) in [5.41, 5.74) is 2.19. The maximum atomic E-state index is 10.9. The molecular weight excluding hydrogens is 292 g/mol. The van der Waals surface area contributed by atoms with Crippen molar-refractivity contribution in [3.63, 3.8) is 0 Å². The molecule has 23 heavy (non-hydrogen) atoms. The Morgan fingerprint density at radius 3 is 2.35 bits per heavy atom. The van der Waals surface area contributed by atoms with Crippen molar-refractivity contribution in [3.05, 3.63) is 41.5 Å². The fraction of sp³-hybridized carbons (Fsp3) is 0.526. The molecule has 0 saturated carbocycles. The molecule has 0 fully saturated rings. The van der Waals surface area contributed by atoms with Crippen LogP contribution in [0, 0.1) is 11.8 Å². The van der Waals surface area contributed by atoms with E-state index in [0.29, 0.717) is 13.0 Å². The highest BCUT2D eigenvalue weighted by Gasteiger charge is 2.14. The van der Waals surface area contributed by atoms with Crippen LogP contribution in [0.3, 0.4) is 0 Å². The minimum atomic E-state index is -0.755. The molecular formula is C19H28O4. The molecule has 1 rings (SSSR count). The van der Waals surface area contributed by atoms with E-state index in [1.54, 1.807) is 14.0 Å². The molecule has 0 unspecified atom stereocenters. The molecule has 0 aliphatic rings. The maximum Gasteiger partial charge on any atom is 0.306 e. The van der Waals surface area contributed by atoms with Gasteiger partial charge in [0.15, 0.2) is 0 Å². The molecule has 0 radical (unpaired) electrons. The van der Waals surface area contributed by atoms with Gasteiger partial charge in [0.25, 0.3) is 0 Å². The Labute approximate surface area is 139 Å². The average molecular weight is 320 g/mol. The first kappa shape index (κ1) is 19.2. The van der Waals surface area contributed by atoms with Gasteiger partial charge in [-0.1, -0.05) is 37.6 Å². The van der Waals surface area contributed by atoms with Gasteiger partial charge in [-0.25, -0.2) is 0 Å². The summed E-state index contributed by atoms with van der Waals surface area (Å²) in [5, 5.41) is 8.96. The lowest BCUT2D eigenvalue weighted by Gasteiger charge is -2.19. The number of hydrogen-bond acceptors (Lipinski definition) is 3. The molecule has 1 aromatic carbocycles. The van der Waals surface area contributed by atoms with Gasteiger partial charge >= 0.3 is 5.97 Å². The van der Waals surface area contributed by atoms with E-state index in [1.807, 2.05) is 38.1 Å². The van der Waals surface area contributed by atoms with E-state index in [-0.39, 0.29) is 17.9 Å². The van der Waals surface area contributed by atoms with Crippen LogP contribution < -0.4 is 4.74 Å². The zero-order chi connectivity index (χ0) is 17.4. The van der Waals surface area contributed by atoms with Crippen LogP contribution in [0.25, 0.3) is 0 Å². The van der Waals surface area contributed by atoms with Gasteiger partial charge in [-0.15, -0.1) is 0 Å². The number of aliphatic carboxylic acids is 1. The van der Waals surface area contributed by atoms with E-state index in [0.717, 1.165) is 16.9 Å². The van der Waals surface area contributed by atoms with Crippen molar-refractivity contribution in [1.82, 2.24) is 0 Å². The van der Waals surface area contributed by atoms with Gasteiger partial charge in [0.2, 0.25) is 0 Å². The van der Waals surface area contributed by atoms with Crippen molar-refractivity contribution < 1.29 is 19.4 Å². The van der Waals surface area contributed by atoms with Crippen molar-refractivity contribution >= 4 is 5.97 Å². The number of ether oxygens (including phenoxy) is 2. The fourth-order valence-corrected chi connectivity index (χ4v) is 2.32. The number of methoxy groups -OCH3 is 1. The number of rotatable bonds is 9. The Morgan fingerprint density at radius 1 is 1.22 bits per heavy atom. The van der Waals surface area contributed by atoms with Gasteiger partial charge in [0.1, 0.15) is 5.75 Å². The van der Waals surface area contributed by atoms with Crippen LogP contribution in [0.15, 0.2) is 35.9 Å². The highest BCUT2D eigenvalue weighted by molar-refractivity contribution is 5.69. The molecule has 1 aromatic rings. The summed E-state index contributed by atoms with van der Waals surface area (Å²) in [6.07, 6.45) is 2.75. The molecule has 0 bridgehead atoms. The van der Waals surface area contributed by atoms with Crippen molar-refractivity contribution in [3.8, 4) is 5.75 Å². The van der Waals surface area contributed by atoms with Crippen LogP contribution in [0.4, 0.5) is 0 Å². The van der Waals surface area contributed by atoms with E-state index in [9.17, 15) is 4.79 Å². The number of allylic oxidation sites excluding steroid dienone is 1. The van der Waals surface area contributed by atoms with Gasteiger partial charge < -0.3 is 14.6 Å². The van der Waals surface area contributed by atoms with E-state index in [1.165, 1.54) is 0 Å². The number of carboxylic acids is 1. The normalized spacial score (nSPS) is 15.8. The molecule has 0 saturated heterocycles. The third-order valence-electron chi connectivity index (χ3n) is 4.01. The second-order valence-electron chi connectivity index (χ2n) is 6.18. The average Bonchev–Trinajstić information content (AvgIpc) is 2.52. The molecule has 4 heteroatoms. The van der Waals surface area contributed by atoms with Crippen LogP contribution in [-0.4, -0.2) is 24.3 Å². The van der Waals surface area contributed by atoms with Crippen LogP contribution >= 0.6 is 0 Å². The van der Waals surface area contributed by atoms with Crippen LogP contribution in [0.5, 0.6) is 5.75 Å². The third-order valence-corrected chi connectivity index (χ3v) is 4.01. The molecule has 0 aliphatic carbocycles. The molecule has 4 nitrogen and oxygen atoms in total. The van der Waals surface area contributed by atoms with E-state index in [2.05, 4.69) is 13.0 Å². The van der Waals surface area contributed by atoms with Crippen molar-refractivity contribution in [2.45, 2.75) is 46.8 Å². The molecule has 0 spiro atoms. The van der Waals surface area contributed by atoms with Gasteiger partial charge in [-0.2, -0.15) is 0 Å². The molecule has 0 aliphatic heterocycles. The van der Waals surface area contributed by atoms with Crippen molar-refractivity contribution in [2.75, 3.05) is 7.11 Å². The van der Waals surface area contributed by atoms with Gasteiger partial charge in [0.05, 0.1) is 25.7 Å². The molecule has 0 heterocycles. The minimum absolute atomic E-state index is 0.0622. The second-order valence-corrected chi connectivity index (χ2v) is 6.18. The summed E-state index contributed by atoms with van der Waals surface area (Å²) in [7, 11) is 1.65.